The number of halogens is 2. The molecule has 0 aliphatic carbocycles. The number of carbonyl (C=O) groups excluding carboxylic acids is 1. The van der Waals surface area contributed by atoms with Crippen LogP contribution in [0.25, 0.3) is 0 Å². The molecule has 0 aliphatic heterocycles. The number of hydrogen-bond donors (Lipinski definition) is 2. The number of rotatable bonds is 5. The molecule has 2 N–H and O–H groups in total. The van der Waals surface area contributed by atoms with Crippen LogP contribution < -0.4 is 10.7 Å². The predicted molar refractivity (Wildman–Crippen MR) is 98.8 cm³/mol. The highest BCUT2D eigenvalue weighted by atomic mass is 79.9. The Hall–Kier alpha value is -1.67. The normalized spacial score (nSPS) is 11.0. The lowest BCUT2D eigenvalue weighted by Gasteiger charge is -2.11. The average Bonchev–Trinajstić information content (AvgIpc) is 2.76. The van der Waals surface area contributed by atoms with E-state index in [4.69, 9.17) is 0 Å². The summed E-state index contributed by atoms with van der Waals surface area (Å²) in [6.07, 6.45) is 3.42. The SMILES string of the molecule is Cc1cc(Br)c(NCC(=O)N/N=C\c2cn(C)nc2C)c(Br)c1. The van der Waals surface area contributed by atoms with Crippen LogP contribution in [0.15, 0.2) is 32.4 Å². The highest BCUT2D eigenvalue weighted by molar-refractivity contribution is 9.11. The summed E-state index contributed by atoms with van der Waals surface area (Å²) >= 11 is 6.96. The standard InChI is InChI=1S/C15H17Br2N5O/c1-9-4-12(16)15(13(17)5-9)18-7-14(23)20-19-6-11-8-22(3)21-10(11)2/h4-6,8,18H,7H2,1-3H3,(H,20,23)/b19-6-. The van der Waals surface area contributed by atoms with Gasteiger partial charge in [0.25, 0.3) is 5.91 Å². The average molecular weight is 443 g/mol. The van der Waals surface area contributed by atoms with Crippen molar-refractivity contribution in [3.63, 3.8) is 0 Å². The number of carbonyl (C=O) groups is 1. The van der Waals surface area contributed by atoms with Gasteiger partial charge < -0.3 is 5.32 Å². The Morgan fingerprint density at radius 2 is 2.00 bits per heavy atom. The van der Waals surface area contributed by atoms with Gasteiger partial charge in [0.05, 0.1) is 24.1 Å². The molecule has 1 amide bonds. The van der Waals surface area contributed by atoms with Crippen molar-refractivity contribution < 1.29 is 4.79 Å². The third-order valence-corrected chi connectivity index (χ3v) is 4.31. The number of anilines is 1. The summed E-state index contributed by atoms with van der Waals surface area (Å²) in [5.41, 5.74) is 6.16. The van der Waals surface area contributed by atoms with Gasteiger partial charge in [0.15, 0.2) is 0 Å². The molecule has 1 heterocycles. The van der Waals surface area contributed by atoms with E-state index in [0.717, 1.165) is 31.5 Å². The van der Waals surface area contributed by atoms with Gasteiger partial charge in [-0.25, -0.2) is 5.43 Å². The van der Waals surface area contributed by atoms with Crippen LogP contribution in [-0.2, 0) is 11.8 Å². The zero-order valence-corrected chi connectivity index (χ0v) is 16.2. The van der Waals surface area contributed by atoms with Gasteiger partial charge in [0, 0.05) is 27.8 Å². The summed E-state index contributed by atoms with van der Waals surface area (Å²) in [5, 5.41) is 11.2. The molecule has 1 aromatic carbocycles. The molecule has 0 spiro atoms. The van der Waals surface area contributed by atoms with E-state index in [9.17, 15) is 4.79 Å². The van der Waals surface area contributed by atoms with Crippen LogP contribution in [0.5, 0.6) is 0 Å². The van der Waals surface area contributed by atoms with Crippen LogP contribution in [0, 0.1) is 13.8 Å². The van der Waals surface area contributed by atoms with Gasteiger partial charge in [0.1, 0.15) is 0 Å². The van der Waals surface area contributed by atoms with Gasteiger partial charge in [-0.3, -0.25) is 9.48 Å². The van der Waals surface area contributed by atoms with E-state index >= 15 is 0 Å². The largest absolute Gasteiger partial charge is 0.374 e. The van der Waals surface area contributed by atoms with E-state index in [0.29, 0.717) is 0 Å². The number of nitrogens with zero attached hydrogens (tertiary/aromatic N) is 3. The molecule has 0 saturated carbocycles. The van der Waals surface area contributed by atoms with Crippen LogP contribution in [-0.4, -0.2) is 28.4 Å². The monoisotopic (exact) mass is 441 g/mol. The maximum Gasteiger partial charge on any atom is 0.259 e. The number of hydrazone groups is 1. The Kier molecular flexibility index (Phi) is 5.95. The topological polar surface area (TPSA) is 71.3 Å². The fraction of sp³-hybridized carbons (Fsp3) is 0.267. The molecule has 0 fully saturated rings. The maximum absolute atomic E-state index is 11.8. The molecule has 8 heteroatoms. The van der Waals surface area contributed by atoms with Crippen molar-refractivity contribution in [2.24, 2.45) is 12.1 Å². The fourth-order valence-corrected chi connectivity index (χ4v) is 3.69. The first-order valence-electron chi connectivity index (χ1n) is 6.88. The van der Waals surface area contributed by atoms with Crippen molar-refractivity contribution in [1.29, 1.82) is 0 Å². The first-order chi connectivity index (χ1) is 10.9. The van der Waals surface area contributed by atoms with Gasteiger partial charge in [-0.2, -0.15) is 10.2 Å². The van der Waals surface area contributed by atoms with Crippen molar-refractivity contribution in [2.75, 3.05) is 11.9 Å². The van der Waals surface area contributed by atoms with Gasteiger partial charge in [-0.05, 0) is 63.4 Å². The Bertz CT molecular complexity index is 731. The van der Waals surface area contributed by atoms with E-state index in [1.54, 1.807) is 10.9 Å². The Balaban J connectivity index is 1.90. The lowest BCUT2D eigenvalue weighted by atomic mass is 10.2. The molecule has 2 aromatic rings. The maximum atomic E-state index is 11.8. The molecule has 0 radical (unpaired) electrons. The number of hydrogen-bond acceptors (Lipinski definition) is 4. The van der Waals surface area contributed by atoms with Gasteiger partial charge >= 0.3 is 0 Å². The minimum atomic E-state index is -0.234. The van der Waals surface area contributed by atoms with Gasteiger partial charge in [0.2, 0.25) is 0 Å². The van der Waals surface area contributed by atoms with Crippen LogP contribution >= 0.6 is 31.9 Å². The quantitative estimate of drug-likeness (QED) is 0.552. The van der Waals surface area contributed by atoms with Crippen molar-refractivity contribution in [3.05, 3.63) is 44.1 Å². The smallest absolute Gasteiger partial charge is 0.259 e. The van der Waals surface area contributed by atoms with Crippen LogP contribution in [0.4, 0.5) is 5.69 Å². The number of aromatic nitrogens is 2. The number of benzene rings is 1. The minimum Gasteiger partial charge on any atom is -0.374 e. The van der Waals surface area contributed by atoms with E-state index < -0.39 is 0 Å². The molecule has 23 heavy (non-hydrogen) atoms. The fourth-order valence-electron chi connectivity index (χ4n) is 2.00. The molecule has 1 aromatic heterocycles. The molecule has 122 valence electrons. The lowest BCUT2D eigenvalue weighted by molar-refractivity contribution is -0.119. The highest BCUT2D eigenvalue weighted by Gasteiger charge is 2.08. The van der Waals surface area contributed by atoms with Crippen LogP contribution in [0.3, 0.4) is 0 Å². The zero-order valence-electron chi connectivity index (χ0n) is 13.0. The van der Waals surface area contributed by atoms with Crippen LogP contribution in [0.2, 0.25) is 0 Å². The number of amides is 1. The summed E-state index contributed by atoms with van der Waals surface area (Å²) in [6.45, 7) is 4.00. The molecule has 0 bridgehead atoms. The molecule has 0 saturated heterocycles. The van der Waals surface area contributed by atoms with Crippen molar-refractivity contribution >= 4 is 49.7 Å². The Labute approximate surface area is 151 Å². The summed E-state index contributed by atoms with van der Waals surface area (Å²) in [7, 11) is 1.84. The van der Waals surface area contributed by atoms with Crippen LogP contribution in [0.1, 0.15) is 16.8 Å². The minimum absolute atomic E-state index is 0.115. The van der Waals surface area contributed by atoms with Gasteiger partial charge in [-0.1, -0.05) is 0 Å². The second-order valence-corrected chi connectivity index (χ2v) is 6.80. The molecular weight excluding hydrogens is 426 g/mol. The van der Waals surface area contributed by atoms with Crippen molar-refractivity contribution in [3.8, 4) is 0 Å². The first kappa shape index (κ1) is 17.7. The molecule has 0 unspecified atom stereocenters. The van der Waals surface area contributed by atoms with E-state index in [-0.39, 0.29) is 12.5 Å². The highest BCUT2D eigenvalue weighted by Crippen LogP contribution is 2.31. The second-order valence-electron chi connectivity index (χ2n) is 5.09. The van der Waals surface area contributed by atoms with E-state index in [1.165, 1.54) is 0 Å². The lowest BCUT2D eigenvalue weighted by Crippen LogP contribution is -2.26. The molecule has 0 atom stereocenters. The molecule has 6 nitrogen and oxygen atoms in total. The molecule has 2 rings (SSSR count). The Morgan fingerprint density at radius 3 is 2.57 bits per heavy atom. The summed E-state index contributed by atoms with van der Waals surface area (Å²) in [4.78, 5) is 11.8. The van der Waals surface area contributed by atoms with Crippen molar-refractivity contribution in [1.82, 2.24) is 15.2 Å². The zero-order chi connectivity index (χ0) is 17.0. The summed E-state index contributed by atoms with van der Waals surface area (Å²) in [6, 6.07) is 3.96. The summed E-state index contributed by atoms with van der Waals surface area (Å²) in [5.74, 6) is -0.234. The van der Waals surface area contributed by atoms with Crippen molar-refractivity contribution in [2.45, 2.75) is 13.8 Å². The van der Waals surface area contributed by atoms with E-state index in [1.807, 2.05) is 39.2 Å². The predicted octanol–water partition coefficient (Wildman–Crippen LogP) is 3.12. The number of nitrogens with one attached hydrogen (secondary N) is 2. The number of aryl methyl sites for hydroxylation is 3. The first-order valence-corrected chi connectivity index (χ1v) is 8.47. The van der Waals surface area contributed by atoms with Gasteiger partial charge in [-0.15, -0.1) is 0 Å². The third kappa shape index (κ3) is 4.90. The molecular formula is C15H17Br2N5O. The second kappa shape index (κ2) is 7.74. The Morgan fingerprint density at radius 1 is 1.35 bits per heavy atom. The molecule has 0 aliphatic rings. The third-order valence-electron chi connectivity index (χ3n) is 3.06. The summed E-state index contributed by atoms with van der Waals surface area (Å²) < 4.78 is 3.49. The van der Waals surface area contributed by atoms with E-state index in [2.05, 4.69) is 52.8 Å².